The van der Waals surface area contributed by atoms with E-state index < -0.39 is 0 Å². The van der Waals surface area contributed by atoms with Crippen molar-refractivity contribution >= 4 is 23.2 Å². The topological polar surface area (TPSA) is 77.4 Å². The van der Waals surface area contributed by atoms with Gasteiger partial charge in [0.2, 0.25) is 0 Å². The second kappa shape index (κ2) is 7.53. The van der Waals surface area contributed by atoms with Crippen molar-refractivity contribution in [3.63, 3.8) is 0 Å². The van der Waals surface area contributed by atoms with Crippen molar-refractivity contribution in [1.29, 1.82) is 0 Å². The smallest absolute Gasteiger partial charge is 0.272 e. The average molecular weight is 418 g/mol. The number of rotatable bonds is 5. The summed E-state index contributed by atoms with van der Waals surface area (Å²) >= 11 is 6.14. The first-order chi connectivity index (χ1) is 14.7. The van der Waals surface area contributed by atoms with Gasteiger partial charge in [0.25, 0.3) is 5.91 Å². The van der Waals surface area contributed by atoms with Gasteiger partial charge in [-0.2, -0.15) is 5.10 Å². The molecule has 0 atom stereocenters. The fourth-order valence-electron chi connectivity index (χ4n) is 3.23. The number of fused-ring (bicyclic) bond motifs is 1. The highest BCUT2D eigenvalue weighted by Crippen LogP contribution is 2.25. The number of nitrogens with zero attached hydrogens (tertiary/aromatic N) is 4. The second-order valence-electron chi connectivity index (χ2n) is 6.66. The molecule has 1 amide bonds. The molecule has 0 saturated heterocycles. The third-order valence-corrected chi connectivity index (χ3v) is 4.85. The van der Waals surface area contributed by atoms with Gasteiger partial charge in [-0.3, -0.25) is 4.79 Å². The van der Waals surface area contributed by atoms with Crippen LogP contribution in [-0.4, -0.2) is 25.1 Å². The maximum Gasteiger partial charge on any atom is 0.272 e. The highest BCUT2D eigenvalue weighted by molar-refractivity contribution is 6.30. The Morgan fingerprint density at radius 3 is 2.83 bits per heavy atom. The number of aromatic nitrogens is 4. The number of amides is 1. The molecule has 0 spiro atoms. The number of carbonyl (C=O) groups excluding carboxylic acids is 1. The lowest BCUT2D eigenvalue weighted by molar-refractivity contribution is 0.0945. The molecule has 5 rings (SSSR count). The van der Waals surface area contributed by atoms with E-state index in [0.717, 1.165) is 17.0 Å². The largest absolute Gasteiger partial charge is 0.463 e. The van der Waals surface area contributed by atoms with Gasteiger partial charge in [0.1, 0.15) is 11.3 Å². The molecule has 4 aromatic heterocycles. The lowest BCUT2D eigenvalue weighted by atomic mass is 10.2. The molecule has 5 aromatic rings. The molecule has 0 unspecified atom stereocenters. The first kappa shape index (κ1) is 18.2. The van der Waals surface area contributed by atoms with Crippen LogP contribution in [0.1, 0.15) is 16.2 Å². The number of halogens is 1. The molecule has 0 radical (unpaired) electrons. The van der Waals surface area contributed by atoms with E-state index in [2.05, 4.69) is 15.4 Å². The summed E-state index contributed by atoms with van der Waals surface area (Å²) in [5.41, 5.74) is 3.24. The van der Waals surface area contributed by atoms with Crippen molar-refractivity contribution in [3.8, 4) is 17.1 Å². The van der Waals surface area contributed by atoms with E-state index in [0.29, 0.717) is 23.0 Å². The van der Waals surface area contributed by atoms with E-state index in [1.54, 1.807) is 35.2 Å². The monoisotopic (exact) mass is 417 g/mol. The minimum absolute atomic E-state index is 0.269. The average Bonchev–Trinajstić information content (AvgIpc) is 3.50. The van der Waals surface area contributed by atoms with Crippen LogP contribution in [0.5, 0.6) is 0 Å². The van der Waals surface area contributed by atoms with Crippen molar-refractivity contribution in [2.24, 2.45) is 0 Å². The highest BCUT2D eigenvalue weighted by atomic mass is 35.5. The van der Waals surface area contributed by atoms with E-state index >= 15 is 0 Å². The molecule has 1 aromatic carbocycles. The lowest BCUT2D eigenvalue weighted by Gasteiger charge is -2.05. The van der Waals surface area contributed by atoms with Gasteiger partial charge >= 0.3 is 0 Å². The van der Waals surface area contributed by atoms with Crippen LogP contribution in [0.15, 0.2) is 83.7 Å². The van der Waals surface area contributed by atoms with E-state index in [1.807, 2.05) is 53.2 Å². The first-order valence-corrected chi connectivity index (χ1v) is 9.66. The van der Waals surface area contributed by atoms with E-state index in [9.17, 15) is 4.79 Å². The van der Waals surface area contributed by atoms with E-state index in [4.69, 9.17) is 16.0 Å². The van der Waals surface area contributed by atoms with Gasteiger partial charge in [-0.1, -0.05) is 23.7 Å². The SMILES string of the molecule is O=C(NCc1cn2ccccc2n1)c1cc(-c2ccco2)n(-c2cccc(Cl)c2)n1. The standard InChI is InChI=1S/C22H16ClN5O2/c23-15-5-3-6-17(11-15)28-19(20-7-4-10-30-20)12-18(26-28)22(29)24-13-16-14-27-9-2-1-8-21(27)25-16/h1-12,14H,13H2,(H,24,29). The molecule has 8 heteroatoms. The number of imidazole rings is 1. The Hall–Kier alpha value is -3.84. The molecule has 0 bridgehead atoms. The molecule has 0 fully saturated rings. The minimum atomic E-state index is -0.305. The molecule has 30 heavy (non-hydrogen) atoms. The first-order valence-electron chi connectivity index (χ1n) is 9.28. The molecule has 148 valence electrons. The molecule has 7 nitrogen and oxygen atoms in total. The predicted molar refractivity (Wildman–Crippen MR) is 113 cm³/mol. The Bertz CT molecular complexity index is 1300. The van der Waals surface area contributed by atoms with Gasteiger partial charge in [0.05, 0.1) is 24.2 Å². The van der Waals surface area contributed by atoms with Crippen LogP contribution in [-0.2, 0) is 6.54 Å². The number of pyridine rings is 1. The summed E-state index contributed by atoms with van der Waals surface area (Å²) < 4.78 is 9.08. The quantitative estimate of drug-likeness (QED) is 0.461. The number of carbonyl (C=O) groups is 1. The number of furan rings is 1. The van der Waals surface area contributed by atoms with Crippen molar-refractivity contribution < 1.29 is 9.21 Å². The zero-order valence-corrected chi connectivity index (χ0v) is 16.5. The molecule has 4 heterocycles. The number of hydrogen-bond donors (Lipinski definition) is 1. The number of benzene rings is 1. The molecule has 0 saturated carbocycles. The predicted octanol–water partition coefficient (Wildman–Crippen LogP) is 4.36. The van der Waals surface area contributed by atoms with Crippen LogP contribution < -0.4 is 5.32 Å². The summed E-state index contributed by atoms with van der Waals surface area (Å²) in [4.78, 5) is 17.3. The van der Waals surface area contributed by atoms with Crippen molar-refractivity contribution in [1.82, 2.24) is 24.5 Å². The zero-order chi connectivity index (χ0) is 20.5. The summed E-state index contributed by atoms with van der Waals surface area (Å²) in [5, 5.41) is 7.95. The van der Waals surface area contributed by atoms with Gasteiger partial charge in [0, 0.05) is 23.5 Å². The second-order valence-corrected chi connectivity index (χ2v) is 7.10. The van der Waals surface area contributed by atoms with Crippen LogP contribution in [0.2, 0.25) is 5.02 Å². The summed E-state index contributed by atoms with van der Waals surface area (Å²) in [7, 11) is 0. The number of hydrogen-bond acceptors (Lipinski definition) is 4. The summed E-state index contributed by atoms with van der Waals surface area (Å²) in [6.45, 7) is 0.292. The van der Waals surface area contributed by atoms with Crippen molar-refractivity contribution in [3.05, 3.63) is 95.7 Å². The normalized spacial score (nSPS) is 11.1. The Morgan fingerprint density at radius 2 is 2.03 bits per heavy atom. The zero-order valence-electron chi connectivity index (χ0n) is 15.7. The van der Waals surface area contributed by atoms with Gasteiger partial charge < -0.3 is 14.1 Å². The van der Waals surface area contributed by atoms with Crippen LogP contribution in [0.3, 0.4) is 0 Å². The van der Waals surface area contributed by atoms with Crippen LogP contribution in [0.4, 0.5) is 0 Å². The van der Waals surface area contributed by atoms with Crippen LogP contribution in [0.25, 0.3) is 22.8 Å². The summed E-state index contributed by atoms with van der Waals surface area (Å²) in [6, 6.07) is 18.3. The maximum atomic E-state index is 12.8. The Kier molecular flexibility index (Phi) is 4.57. The van der Waals surface area contributed by atoms with Gasteiger partial charge in [0.15, 0.2) is 11.5 Å². The van der Waals surface area contributed by atoms with Crippen molar-refractivity contribution in [2.75, 3.05) is 0 Å². The van der Waals surface area contributed by atoms with E-state index in [1.165, 1.54) is 0 Å². The Balaban J connectivity index is 1.43. The summed E-state index contributed by atoms with van der Waals surface area (Å²) in [6.07, 6.45) is 5.37. The van der Waals surface area contributed by atoms with Gasteiger partial charge in [-0.25, -0.2) is 9.67 Å². The summed E-state index contributed by atoms with van der Waals surface area (Å²) in [5.74, 6) is 0.294. The van der Waals surface area contributed by atoms with Gasteiger partial charge in [-0.05, 0) is 42.5 Å². The molecular weight excluding hydrogens is 402 g/mol. The molecule has 0 aliphatic heterocycles. The molecule has 1 N–H and O–H groups in total. The maximum absolute atomic E-state index is 12.8. The fourth-order valence-corrected chi connectivity index (χ4v) is 3.41. The van der Waals surface area contributed by atoms with Gasteiger partial charge in [-0.15, -0.1) is 0 Å². The third kappa shape index (κ3) is 3.46. The fraction of sp³-hybridized carbons (Fsp3) is 0.0455. The lowest BCUT2D eigenvalue weighted by Crippen LogP contribution is -2.23. The highest BCUT2D eigenvalue weighted by Gasteiger charge is 2.18. The third-order valence-electron chi connectivity index (χ3n) is 4.61. The molecule has 0 aliphatic rings. The van der Waals surface area contributed by atoms with Crippen LogP contribution in [0, 0.1) is 0 Å². The Labute approximate surface area is 176 Å². The number of nitrogens with one attached hydrogen (secondary N) is 1. The van der Waals surface area contributed by atoms with Crippen LogP contribution >= 0.6 is 11.6 Å². The van der Waals surface area contributed by atoms with Crippen molar-refractivity contribution in [2.45, 2.75) is 6.54 Å². The molecule has 0 aliphatic carbocycles. The Morgan fingerprint density at radius 1 is 1.10 bits per heavy atom. The van der Waals surface area contributed by atoms with E-state index in [-0.39, 0.29) is 11.6 Å². The minimum Gasteiger partial charge on any atom is -0.463 e. The molecular formula is C22H16ClN5O2.